The van der Waals surface area contributed by atoms with Crippen LogP contribution in [0.3, 0.4) is 0 Å². The predicted octanol–water partition coefficient (Wildman–Crippen LogP) is 2.78. The zero-order chi connectivity index (χ0) is 21.9. The number of likely N-dealkylation sites (N-methyl/N-ethyl adjacent to an activating group) is 1. The third-order valence-corrected chi connectivity index (χ3v) is 5.14. The molecule has 0 aliphatic carbocycles. The first kappa shape index (κ1) is 21.6. The molecule has 3 rings (SSSR count). The lowest BCUT2D eigenvalue weighted by Gasteiger charge is -2.23. The molecule has 0 bridgehead atoms. The number of nitrogens with zero attached hydrogens (tertiary/aromatic N) is 2. The van der Waals surface area contributed by atoms with Crippen molar-refractivity contribution in [3.8, 4) is 5.75 Å². The van der Waals surface area contributed by atoms with Crippen LogP contribution in [-0.2, 0) is 15.1 Å². The Labute approximate surface area is 178 Å². The van der Waals surface area contributed by atoms with E-state index in [0.29, 0.717) is 16.3 Å². The van der Waals surface area contributed by atoms with Crippen molar-refractivity contribution in [1.29, 1.82) is 0 Å². The minimum absolute atomic E-state index is 0.218. The minimum Gasteiger partial charge on any atom is -0.492 e. The molecule has 1 saturated heterocycles. The monoisotopic (exact) mass is 433 g/mol. The Bertz CT molecular complexity index is 969. The number of rotatable bonds is 7. The topological polar surface area (TPSA) is 79.0 Å². The van der Waals surface area contributed by atoms with E-state index < -0.39 is 35.7 Å². The van der Waals surface area contributed by atoms with Crippen molar-refractivity contribution >= 4 is 29.4 Å². The third-order valence-electron chi connectivity index (χ3n) is 4.91. The van der Waals surface area contributed by atoms with E-state index in [-0.39, 0.29) is 13.2 Å². The van der Waals surface area contributed by atoms with Crippen molar-refractivity contribution in [2.24, 2.45) is 0 Å². The SMILES string of the molecule is CN(CCOc1cccc(Cl)c1)C(=O)CN1C(=O)NC(C)(c2ccc(F)cc2)C1=O. The Morgan fingerprint density at radius 3 is 2.60 bits per heavy atom. The van der Waals surface area contributed by atoms with Crippen LogP contribution in [0.4, 0.5) is 9.18 Å². The number of ether oxygens (including phenoxy) is 1. The van der Waals surface area contributed by atoms with Crippen molar-refractivity contribution in [3.63, 3.8) is 0 Å². The van der Waals surface area contributed by atoms with Gasteiger partial charge < -0.3 is 15.0 Å². The van der Waals surface area contributed by atoms with E-state index in [4.69, 9.17) is 16.3 Å². The van der Waals surface area contributed by atoms with Gasteiger partial charge in [-0.3, -0.25) is 14.5 Å². The molecule has 158 valence electrons. The summed E-state index contributed by atoms with van der Waals surface area (Å²) in [6.07, 6.45) is 0. The van der Waals surface area contributed by atoms with Gasteiger partial charge in [0, 0.05) is 12.1 Å². The Morgan fingerprint density at radius 1 is 1.23 bits per heavy atom. The van der Waals surface area contributed by atoms with Gasteiger partial charge in [0.1, 0.15) is 30.3 Å². The summed E-state index contributed by atoms with van der Waals surface area (Å²) >= 11 is 5.90. The summed E-state index contributed by atoms with van der Waals surface area (Å²) in [6.45, 7) is 1.59. The van der Waals surface area contributed by atoms with Gasteiger partial charge in [-0.15, -0.1) is 0 Å². The van der Waals surface area contributed by atoms with Crippen LogP contribution in [0, 0.1) is 5.82 Å². The Kier molecular flexibility index (Phi) is 6.26. The normalized spacial score (nSPS) is 18.3. The summed E-state index contributed by atoms with van der Waals surface area (Å²) < 4.78 is 18.7. The predicted molar refractivity (Wildman–Crippen MR) is 109 cm³/mol. The average molecular weight is 434 g/mol. The quantitative estimate of drug-likeness (QED) is 0.681. The third kappa shape index (κ3) is 4.54. The number of carbonyl (C=O) groups excluding carboxylic acids is 3. The molecule has 7 nitrogen and oxygen atoms in total. The number of hydrogen-bond acceptors (Lipinski definition) is 4. The van der Waals surface area contributed by atoms with Crippen LogP contribution in [0.2, 0.25) is 5.02 Å². The molecule has 0 aromatic heterocycles. The summed E-state index contributed by atoms with van der Waals surface area (Å²) in [6, 6.07) is 11.5. The molecule has 1 aliphatic heterocycles. The molecule has 1 heterocycles. The van der Waals surface area contributed by atoms with Crippen molar-refractivity contribution in [2.45, 2.75) is 12.5 Å². The molecule has 9 heteroatoms. The van der Waals surface area contributed by atoms with E-state index >= 15 is 0 Å². The summed E-state index contributed by atoms with van der Waals surface area (Å²) in [7, 11) is 1.56. The number of benzene rings is 2. The molecule has 4 amide bonds. The largest absolute Gasteiger partial charge is 0.492 e. The van der Waals surface area contributed by atoms with Crippen LogP contribution in [0.1, 0.15) is 12.5 Å². The van der Waals surface area contributed by atoms with Gasteiger partial charge in [0.2, 0.25) is 5.91 Å². The van der Waals surface area contributed by atoms with E-state index in [1.54, 1.807) is 31.3 Å². The first-order chi connectivity index (χ1) is 14.2. The highest BCUT2D eigenvalue weighted by atomic mass is 35.5. The first-order valence-corrected chi connectivity index (χ1v) is 9.61. The van der Waals surface area contributed by atoms with Crippen molar-refractivity contribution in [1.82, 2.24) is 15.1 Å². The van der Waals surface area contributed by atoms with Crippen LogP contribution in [0.5, 0.6) is 5.75 Å². The molecule has 1 atom stereocenters. The second-order valence-electron chi connectivity index (χ2n) is 7.07. The highest BCUT2D eigenvalue weighted by molar-refractivity contribution is 6.30. The maximum atomic E-state index is 13.2. The van der Waals surface area contributed by atoms with Crippen LogP contribution >= 0.6 is 11.6 Å². The molecule has 2 aromatic rings. The maximum Gasteiger partial charge on any atom is 0.325 e. The zero-order valence-electron chi connectivity index (χ0n) is 16.5. The molecule has 0 saturated carbocycles. The second kappa shape index (κ2) is 8.71. The van der Waals surface area contributed by atoms with Crippen LogP contribution in [0.25, 0.3) is 0 Å². The van der Waals surface area contributed by atoms with Gasteiger partial charge >= 0.3 is 6.03 Å². The molecule has 2 aromatic carbocycles. The van der Waals surface area contributed by atoms with E-state index in [0.717, 1.165) is 4.90 Å². The van der Waals surface area contributed by atoms with Crippen LogP contribution in [-0.4, -0.2) is 54.4 Å². The molecule has 30 heavy (non-hydrogen) atoms. The lowest BCUT2D eigenvalue weighted by atomic mass is 9.92. The second-order valence-corrected chi connectivity index (χ2v) is 7.51. The standard InChI is InChI=1S/C21H21ClFN3O4/c1-21(14-6-8-16(23)9-7-14)19(28)26(20(29)24-21)13-18(27)25(2)10-11-30-17-5-3-4-15(22)12-17/h3-9,12H,10-11,13H2,1-2H3,(H,24,29). The molecule has 1 N–H and O–H groups in total. The maximum absolute atomic E-state index is 13.2. The molecule has 0 radical (unpaired) electrons. The Hall–Kier alpha value is -3.13. The minimum atomic E-state index is -1.36. The fourth-order valence-corrected chi connectivity index (χ4v) is 3.24. The van der Waals surface area contributed by atoms with Gasteiger partial charge in [0.25, 0.3) is 5.91 Å². The summed E-state index contributed by atoms with van der Waals surface area (Å²) in [5, 5.41) is 3.13. The van der Waals surface area contributed by atoms with Crippen molar-refractivity contribution in [3.05, 3.63) is 64.9 Å². The first-order valence-electron chi connectivity index (χ1n) is 9.23. The molecule has 1 fully saturated rings. The number of imide groups is 1. The number of amides is 4. The smallest absolute Gasteiger partial charge is 0.325 e. The van der Waals surface area contributed by atoms with E-state index in [2.05, 4.69) is 5.32 Å². The fourth-order valence-electron chi connectivity index (χ4n) is 3.06. The van der Waals surface area contributed by atoms with Gasteiger partial charge in [-0.1, -0.05) is 29.8 Å². The lowest BCUT2D eigenvalue weighted by Crippen LogP contribution is -2.44. The van der Waals surface area contributed by atoms with Crippen molar-refractivity contribution in [2.75, 3.05) is 26.7 Å². The van der Waals surface area contributed by atoms with Gasteiger partial charge in [0.05, 0.1) is 6.54 Å². The molecular weight excluding hydrogens is 413 g/mol. The van der Waals surface area contributed by atoms with E-state index in [9.17, 15) is 18.8 Å². The van der Waals surface area contributed by atoms with Gasteiger partial charge in [-0.2, -0.15) is 0 Å². The highest BCUT2D eigenvalue weighted by Gasteiger charge is 2.49. The summed E-state index contributed by atoms with van der Waals surface area (Å²) in [5.74, 6) is -0.868. The fraction of sp³-hybridized carbons (Fsp3) is 0.286. The number of halogens is 2. The summed E-state index contributed by atoms with van der Waals surface area (Å²) in [5.41, 5.74) is -0.931. The Balaban J connectivity index is 1.58. The number of hydrogen-bond donors (Lipinski definition) is 1. The summed E-state index contributed by atoms with van der Waals surface area (Å²) in [4.78, 5) is 39.9. The molecule has 1 unspecified atom stereocenters. The zero-order valence-corrected chi connectivity index (χ0v) is 17.3. The van der Waals surface area contributed by atoms with E-state index in [1.165, 1.54) is 36.1 Å². The van der Waals surface area contributed by atoms with Gasteiger partial charge in [-0.05, 0) is 42.8 Å². The number of urea groups is 1. The Morgan fingerprint density at radius 2 is 1.93 bits per heavy atom. The molecular formula is C21H21ClFN3O4. The molecule has 1 aliphatic rings. The highest BCUT2D eigenvalue weighted by Crippen LogP contribution is 2.28. The van der Waals surface area contributed by atoms with Crippen LogP contribution in [0.15, 0.2) is 48.5 Å². The van der Waals surface area contributed by atoms with E-state index in [1.807, 2.05) is 0 Å². The average Bonchev–Trinajstić information content (AvgIpc) is 2.92. The number of carbonyl (C=O) groups is 3. The number of nitrogens with one attached hydrogen (secondary N) is 1. The van der Waals surface area contributed by atoms with Crippen molar-refractivity contribution < 1.29 is 23.5 Å². The van der Waals surface area contributed by atoms with Crippen LogP contribution < -0.4 is 10.1 Å². The van der Waals surface area contributed by atoms with Gasteiger partial charge in [0.15, 0.2) is 0 Å². The molecule has 0 spiro atoms. The lowest BCUT2D eigenvalue weighted by molar-refractivity contribution is -0.138. The van der Waals surface area contributed by atoms with Gasteiger partial charge in [-0.25, -0.2) is 9.18 Å².